The van der Waals surface area contributed by atoms with Crippen molar-refractivity contribution in [1.29, 1.82) is 10.5 Å². The molecule has 32 heavy (non-hydrogen) atoms. The predicted octanol–water partition coefficient (Wildman–Crippen LogP) is 4.61. The molecule has 0 radical (unpaired) electrons. The Kier molecular flexibility index (Phi) is 7.33. The molecule has 0 aliphatic carbocycles. The SMILES string of the molecule is N#Cc1c(N)nc(SCCC(=O)Nc2cc(C(=O)O)ccc2Cl)c(C#N)c1-c1cccs1. The van der Waals surface area contributed by atoms with Crippen LogP contribution < -0.4 is 11.1 Å². The van der Waals surface area contributed by atoms with Crippen molar-refractivity contribution in [3.63, 3.8) is 0 Å². The van der Waals surface area contributed by atoms with Gasteiger partial charge in [-0.3, -0.25) is 4.79 Å². The van der Waals surface area contributed by atoms with Crippen LogP contribution in [0.25, 0.3) is 10.4 Å². The average Bonchev–Trinajstić information content (AvgIpc) is 3.29. The van der Waals surface area contributed by atoms with E-state index in [-0.39, 0.29) is 51.3 Å². The van der Waals surface area contributed by atoms with Crippen LogP contribution >= 0.6 is 34.7 Å². The summed E-state index contributed by atoms with van der Waals surface area (Å²) in [6.07, 6.45) is 0.0408. The molecule has 4 N–H and O–H groups in total. The number of carboxylic acid groups (broad SMARTS) is 1. The van der Waals surface area contributed by atoms with Gasteiger partial charge in [-0.05, 0) is 29.6 Å². The minimum atomic E-state index is -1.14. The maximum Gasteiger partial charge on any atom is 0.335 e. The summed E-state index contributed by atoms with van der Waals surface area (Å²) in [5.74, 6) is -1.25. The van der Waals surface area contributed by atoms with Crippen LogP contribution in [0.4, 0.5) is 11.5 Å². The fourth-order valence-electron chi connectivity index (χ4n) is 2.78. The number of nitriles is 2. The Morgan fingerprint density at radius 3 is 2.62 bits per heavy atom. The van der Waals surface area contributed by atoms with Crippen molar-refractivity contribution in [3.8, 4) is 22.6 Å². The molecule has 0 saturated carbocycles. The van der Waals surface area contributed by atoms with Crippen LogP contribution in [0.3, 0.4) is 0 Å². The summed E-state index contributed by atoms with van der Waals surface area (Å²) in [4.78, 5) is 28.3. The highest BCUT2D eigenvalue weighted by Crippen LogP contribution is 2.37. The largest absolute Gasteiger partial charge is 0.478 e. The van der Waals surface area contributed by atoms with E-state index in [9.17, 15) is 20.1 Å². The highest BCUT2D eigenvalue weighted by Gasteiger charge is 2.21. The maximum atomic E-state index is 12.3. The molecule has 3 rings (SSSR count). The zero-order valence-electron chi connectivity index (χ0n) is 16.3. The fourth-order valence-corrected chi connectivity index (χ4v) is 4.66. The second kappa shape index (κ2) is 10.2. The number of halogens is 1. The van der Waals surface area contributed by atoms with E-state index < -0.39 is 5.97 Å². The first kappa shape index (κ1) is 23.1. The Bertz CT molecular complexity index is 1280. The Hall–Kier alpha value is -3.57. The smallest absolute Gasteiger partial charge is 0.335 e. The van der Waals surface area contributed by atoms with Gasteiger partial charge in [-0.1, -0.05) is 17.7 Å². The van der Waals surface area contributed by atoms with Crippen LogP contribution in [-0.4, -0.2) is 27.7 Å². The van der Waals surface area contributed by atoms with Crippen LogP contribution in [0.5, 0.6) is 0 Å². The number of anilines is 2. The highest BCUT2D eigenvalue weighted by molar-refractivity contribution is 7.99. The molecule has 0 unspecified atom stereocenters. The summed E-state index contributed by atoms with van der Waals surface area (Å²) in [5.41, 5.74) is 6.94. The van der Waals surface area contributed by atoms with E-state index in [1.165, 1.54) is 29.5 Å². The van der Waals surface area contributed by atoms with E-state index in [0.717, 1.165) is 16.6 Å². The van der Waals surface area contributed by atoms with Crippen molar-refractivity contribution in [1.82, 2.24) is 4.98 Å². The molecule has 3 aromatic rings. The first-order chi connectivity index (χ1) is 15.3. The summed E-state index contributed by atoms with van der Waals surface area (Å²) in [6.45, 7) is 0. The lowest BCUT2D eigenvalue weighted by molar-refractivity contribution is -0.115. The van der Waals surface area contributed by atoms with Gasteiger partial charge in [0, 0.05) is 22.6 Å². The molecule has 0 aliphatic heterocycles. The first-order valence-electron chi connectivity index (χ1n) is 8.98. The van der Waals surface area contributed by atoms with E-state index in [1.807, 2.05) is 11.4 Å². The number of nitrogens with one attached hydrogen (secondary N) is 1. The van der Waals surface area contributed by atoms with Gasteiger partial charge in [0.15, 0.2) is 0 Å². The number of carboxylic acids is 1. The normalized spacial score (nSPS) is 10.2. The molecule has 8 nitrogen and oxygen atoms in total. The van der Waals surface area contributed by atoms with Crippen LogP contribution in [0.15, 0.2) is 40.7 Å². The van der Waals surface area contributed by atoms with Gasteiger partial charge < -0.3 is 16.2 Å². The molecule has 0 atom stereocenters. The van der Waals surface area contributed by atoms with Crippen molar-refractivity contribution >= 4 is 58.1 Å². The number of nitrogens with two attached hydrogens (primary N) is 1. The Morgan fingerprint density at radius 1 is 1.25 bits per heavy atom. The molecule has 0 saturated heterocycles. The molecule has 160 valence electrons. The van der Waals surface area contributed by atoms with E-state index in [1.54, 1.807) is 12.1 Å². The average molecular weight is 484 g/mol. The molecule has 1 amide bonds. The van der Waals surface area contributed by atoms with Crippen LogP contribution in [-0.2, 0) is 4.79 Å². The molecule has 11 heteroatoms. The lowest BCUT2D eigenvalue weighted by Gasteiger charge is -2.12. The summed E-state index contributed by atoms with van der Waals surface area (Å²) < 4.78 is 0. The van der Waals surface area contributed by atoms with Gasteiger partial charge in [0.2, 0.25) is 5.91 Å². The number of pyridine rings is 1. The van der Waals surface area contributed by atoms with Crippen LogP contribution in [0, 0.1) is 22.7 Å². The summed E-state index contributed by atoms with van der Waals surface area (Å²) >= 11 is 8.56. The number of amides is 1. The molecule has 0 bridgehead atoms. The molecule has 2 aromatic heterocycles. The minimum absolute atomic E-state index is 0.00361. The Morgan fingerprint density at radius 2 is 2.00 bits per heavy atom. The monoisotopic (exact) mass is 483 g/mol. The van der Waals surface area contributed by atoms with E-state index in [0.29, 0.717) is 10.6 Å². The predicted molar refractivity (Wildman–Crippen MR) is 124 cm³/mol. The number of carbonyl (C=O) groups excluding carboxylic acids is 1. The van der Waals surface area contributed by atoms with Crippen molar-refractivity contribution < 1.29 is 14.7 Å². The number of hydrogen-bond donors (Lipinski definition) is 3. The highest BCUT2D eigenvalue weighted by atomic mass is 35.5. The van der Waals surface area contributed by atoms with Crippen molar-refractivity contribution in [3.05, 3.63) is 57.4 Å². The molecule has 2 heterocycles. The lowest BCUT2D eigenvalue weighted by atomic mass is 10.0. The summed E-state index contributed by atoms with van der Waals surface area (Å²) in [5, 5.41) is 33.2. The van der Waals surface area contributed by atoms with Crippen LogP contribution in [0.1, 0.15) is 27.9 Å². The third-order valence-corrected chi connectivity index (χ3v) is 6.43. The standard InChI is InChI=1S/C21H14ClN5O3S2/c22-14-4-3-11(21(29)30)8-15(14)26-17(28)5-7-32-20-13(10-24)18(16-2-1-6-31-16)12(9-23)19(25)27-20/h1-4,6,8H,5,7H2,(H2,25,27)(H,26,28)(H,29,30). The van der Waals surface area contributed by atoms with E-state index in [2.05, 4.69) is 16.4 Å². The fraction of sp³-hybridized carbons (Fsp3) is 0.0952. The number of aromatic nitrogens is 1. The lowest BCUT2D eigenvalue weighted by Crippen LogP contribution is -2.13. The van der Waals surface area contributed by atoms with Crippen molar-refractivity contribution in [2.24, 2.45) is 0 Å². The third kappa shape index (κ3) is 5.01. The molecule has 1 aromatic carbocycles. The molecular weight excluding hydrogens is 470 g/mol. The number of aromatic carboxylic acids is 1. The number of carbonyl (C=O) groups is 2. The zero-order chi connectivity index (χ0) is 23.3. The van der Waals surface area contributed by atoms with E-state index >= 15 is 0 Å². The minimum Gasteiger partial charge on any atom is -0.478 e. The first-order valence-corrected chi connectivity index (χ1v) is 11.2. The molecule has 0 fully saturated rings. The zero-order valence-corrected chi connectivity index (χ0v) is 18.6. The Balaban J connectivity index is 1.76. The topological polar surface area (TPSA) is 153 Å². The van der Waals surface area contributed by atoms with Gasteiger partial charge in [0.05, 0.1) is 21.8 Å². The molecule has 0 aliphatic rings. The second-order valence-corrected chi connectivity index (χ2v) is 8.71. The number of benzene rings is 1. The number of thiophene rings is 1. The van der Waals surface area contributed by atoms with Gasteiger partial charge in [-0.25, -0.2) is 9.78 Å². The molecular formula is C21H14ClN5O3S2. The maximum absolute atomic E-state index is 12.3. The van der Waals surface area contributed by atoms with Gasteiger partial charge in [-0.15, -0.1) is 23.1 Å². The number of nitrogen functional groups attached to an aromatic ring is 1. The van der Waals surface area contributed by atoms with Gasteiger partial charge in [0.1, 0.15) is 28.5 Å². The summed E-state index contributed by atoms with van der Waals surface area (Å²) in [6, 6.07) is 11.7. The van der Waals surface area contributed by atoms with Crippen LogP contribution in [0.2, 0.25) is 5.02 Å². The second-order valence-electron chi connectivity index (χ2n) is 6.27. The van der Waals surface area contributed by atoms with Crippen molar-refractivity contribution in [2.45, 2.75) is 11.4 Å². The van der Waals surface area contributed by atoms with Gasteiger partial charge in [-0.2, -0.15) is 10.5 Å². The van der Waals surface area contributed by atoms with E-state index in [4.69, 9.17) is 22.4 Å². The molecule has 0 spiro atoms. The van der Waals surface area contributed by atoms with Crippen molar-refractivity contribution in [2.75, 3.05) is 16.8 Å². The van der Waals surface area contributed by atoms with Gasteiger partial charge in [0.25, 0.3) is 0 Å². The Labute approximate surface area is 196 Å². The number of hydrogen-bond acceptors (Lipinski definition) is 8. The quantitative estimate of drug-likeness (QED) is 0.412. The number of rotatable bonds is 7. The third-order valence-electron chi connectivity index (χ3n) is 4.24. The van der Waals surface area contributed by atoms with Gasteiger partial charge >= 0.3 is 5.97 Å². The number of thioether (sulfide) groups is 1. The summed E-state index contributed by atoms with van der Waals surface area (Å²) in [7, 11) is 0. The number of nitrogens with zero attached hydrogens (tertiary/aromatic N) is 3.